The first-order valence-corrected chi connectivity index (χ1v) is 11.2. The highest BCUT2D eigenvalue weighted by Gasteiger charge is 2.17. The molecule has 0 saturated carbocycles. The van der Waals surface area contributed by atoms with Crippen LogP contribution in [0.3, 0.4) is 0 Å². The van der Waals surface area contributed by atoms with E-state index in [9.17, 15) is 0 Å². The molecule has 0 N–H and O–H groups in total. The van der Waals surface area contributed by atoms with Crippen molar-refractivity contribution in [3.05, 3.63) is 146 Å². The minimum atomic E-state index is 0.974. The predicted molar refractivity (Wildman–Crippen MR) is 155 cm³/mol. The van der Waals surface area contributed by atoms with Crippen molar-refractivity contribution in [2.24, 2.45) is 0 Å². The maximum absolute atomic E-state index is 4.19. The Bertz CT molecular complexity index is 1350. The van der Waals surface area contributed by atoms with Crippen LogP contribution in [0.15, 0.2) is 112 Å². The van der Waals surface area contributed by atoms with Crippen molar-refractivity contribution in [2.45, 2.75) is 0 Å². The summed E-state index contributed by atoms with van der Waals surface area (Å²) < 4.78 is 0. The fourth-order valence-electron chi connectivity index (χ4n) is 4.24. The molecule has 0 unspecified atom stereocenters. The van der Waals surface area contributed by atoms with Crippen LogP contribution in [0.4, 0.5) is 0 Å². The second-order valence-corrected chi connectivity index (χ2v) is 7.60. The van der Waals surface area contributed by atoms with E-state index in [1.165, 1.54) is 0 Å². The topological polar surface area (TPSA) is 0 Å². The first-order valence-electron chi connectivity index (χ1n) is 11.2. The monoisotopic (exact) mass is 438 g/mol. The molecule has 0 fully saturated rings. The number of hydrogen-bond donors (Lipinski definition) is 0. The molecule has 0 heterocycles. The number of benzene rings is 2. The van der Waals surface area contributed by atoms with Gasteiger partial charge < -0.3 is 0 Å². The van der Waals surface area contributed by atoms with E-state index in [0.717, 1.165) is 55.6 Å². The molecule has 0 radical (unpaired) electrons. The molecule has 0 aliphatic heterocycles. The van der Waals surface area contributed by atoms with Gasteiger partial charge in [-0.15, -0.1) is 0 Å². The molecule has 0 saturated heterocycles. The Morgan fingerprint density at radius 3 is 1.29 bits per heavy atom. The third-order valence-corrected chi connectivity index (χ3v) is 5.83. The van der Waals surface area contributed by atoms with Gasteiger partial charge in [-0.25, -0.2) is 0 Å². The van der Waals surface area contributed by atoms with Gasteiger partial charge in [0.25, 0.3) is 0 Å². The summed E-state index contributed by atoms with van der Waals surface area (Å²) in [6.07, 6.45) is 11.3. The van der Waals surface area contributed by atoms with Crippen molar-refractivity contribution in [3.8, 4) is 22.3 Å². The number of hydrogen-bond acceptors (Lipinski definition) is 0. The van der Waals surface area contributed by atoms with E-state index in [2.05, 4.69) is 69.8 Å². The lowest BCUT2D eigenvalue weighted by Crippen LogP contribution is -1.96. The molecule has 0 atom stereocenters. The molecule has 0 amide bonds. The average Bonchev–Trinajstić information content (AvgIpc) is 2.89. The molecule has 166 valence electrons. The van der Waals surface area contributed by atoms with Crippen molar-refractivity contribution in [1.29, 1.82) is 0 Å². The van der Waals surface area contributed by atoms with Crippen LogP contribution in [-0.4, -0.2) is 0 Å². The Balaban J connectivity index is 2.72. The van der Waals surface area contributed by atoms with Gasteiger partial charge in [-0.1, -0.05) is 149 Å². The summed E-state index contributed by atoms with van der Waals surface area (Å²) >= 11 is 0. The first-order chi connectivity index (χ1) is 16.6. The summed E-state index contributed by atoms with van der Waals surface area (Å²) in [5.41, 5.74) is 10.2. The molecule has 0 aliphatic rings. The molecule has 0 aliphatic carbocycles. The van der Waals surface area contributed by atoms with Crippen LogP contribution in [0, 0.1) is 0 Å². The van der Waals surface area contributed by atoms with Crippen LogP contribution >= 0.6 is 0 Å². The van der Waals surface area contributed by atoms with Crippen LogP contribution in [0.1, 0.15) is 33.4 Å². The maximum Gasteiger partial charge on any atom is -0.00206 e. The van der Waals surface area contributed by atoms with Gasteiger partial charge in [-0.3, -0.25) is 0 Å². The van der Waals surface area contributed by atoms with Gasteiger partial charge in [0.15, 0.2) is 0 Å². The summed E-state index contributed by atoms with van der Waals surface area (Å²) in [7, 11) is 0. The first kappa shape index (κ1) is 24.2. The smallest absolute Gasteiger partial charge is 0.00206 e. The largest absolute Gasteiger partial charge is 0.0984 e. The molecular formula is C34H30. The molecule has 3 rings (SSSR count). The molecule has 0 nitrogen and oxygen atoms in total. The van der Waals surface area contributed by atoms with Crippen LogP contribution in [-0.2, 0) is 0 Å². The predicted octanol–water partition coefficient (Wildman–Crippen LogP) is 10.0. The summed E-state index contributed by atoms with van der Waals surface area (Å²) in [5.74, 6) is 0. The SMILES string of the molecule is C=Cc1cccc(-c2ccccccc(C=C)c(C=C)c2-c2cccc(C=C)c2C=C)c1C=C. The summed E-state index contributed by atoms with van der Waals surface area (Å²) in [5, 5.41) is 0. The zero-order valence-electron chi connectivity index (χ0n) is 19.6. The molecule has 3 aromatic rings. The van der Waals surface area contributed by atoms with E-state index in [0.29, 0.717) is 0 Å². The van der Waals surface area contributed by atoms with E-state index < -0.39 is 0 Å². The van der Waals surface area contributed by atoms with Crippen molar-refractivity contribution < 1.29 is 0 Å². The van der Waals surface area contributed by atoms with Gasteiger partial charge in [0.05, 0.1) is 0 Å². The third kappa shape index (κ3) is 4.67. The Labute approximate surface area is 204 Å². The van der Waals surface area contributed by atoms with Crippen LogP contribution in [0.25, 0.3) is 58.7 Å². The second-order valence-electron chi connectivity index (χ2n) is 7.60. The highest BCUT2D eigenvalue weighted by Crippen LogP contribution is 2.41. The van der Waals surface area contributed by atoms with Gasteiger partial charge >= 0.3 is 0 Å². The molecule has 0 bridgehead atoms. The Morgan fingerprint density at radius 1 is 0.353 bits per heavy atom. The molecule has 3 aromatic carbocycles. The van der Waals surface area contributed by atoms with Crippen molar-refractivity contribution in [2.75, 3.05) is 0 Å². The molecule has 34 heavy (non-hydrogen) atoms. The Hall–Kier alpha value is -4.42. The van der Waals surface area contributed by atoms with Crippen LogP contribution < -0.4 is 0 Å². The maximum atomic E-state index is 4.19. The lowest BCUT2D eigenvalue weighted by atomic mass is 9.84. The zero-order chi connectivity index (χ0) is 24.5. The molecular weight excluding hydrogens is 408 g/mol. The standard InChI is InChI=1S/C34H30/c1-7-25-20-17-23-31(28(25)10-4)33-22-16-14-13-15-19-27(9-3)30(12-6)34(33)32-24-18-21-26(8-2)29(32)11-5/h7-24H,1-6H2. The summed E-state index contributed by atoms with van der Waals surface area (Å²) in [6.45, 7) is 24.5. The average molecular weight is 439 g/mol. The second kappa shape index (κ2) is 11.4. The Morgan fingerprint density at radius 2 is 0.765 bits per heavy atom. The zero-order valence-corrected chi connectivity index (χ0v) is 19.6. The summed E-state index contributed by atoms with van der Waals surface area (Å²) in [6, 6.07) is 24.7. The van der Waals surface area contributed by atoms with E-state index >= 15 is 0 Å². The number of rotatable bonds is 8. The van der Waals surface area contributed by atoms with E-state index in [-0.39, 0.29) is 0 Å². The van der Waals surface area contributed by atoms with Crippen LogP contribution in [0.2, 0.25) is 0 Å². The fraction of sp³-hybridized carbons (Fsp3) is 0. The van der Waals surface area contributed by atoms with Gasteiger partial charge in [0, 0.05) is 0 Å². The highest BCUT2D eigenvalue weighted by atomic mass is 14.2. The van der Waals surface area contributed by atoms with Gasteiger partial charge in [-0.2, -0.15) is 0 Å². The van der Waals surface area contributed by atoms with Crippen LogP contribution in [0.5, 0.6) is 0 Å². The fourth-order valence-corrected chi connectivity index (χ4v) is 4.24. The van der Waals surface area contributed by atoms with E-state index in [1.807, 2.05) is 78.9 Å². The quantitative estimate of drug-likeness (QED) is 0.328. The van der Waals surface area contributed by atoms with Crippen molar-refractivity contribution in [1.82, 2.24) is 0 Å². The normalized spacial score (nSPS) is 9.88. The van der Waals surface area contributed by atoms with Crippen molar-refractivity contribution >= 4 is 36.5 Å². The Kier molecular flexibility index (Phi) is 8.16. The lowest BCUT2D eigenvalue weighted by Gasteiger charge is -2.19. The molecule has 0 aromatic heterocycles. The minimum Gasteiger partial charge on any atom is -0.0984 e. The summed E-state index contributed by atoms with van der Waals surface area (Å²) in [4.78, 5) is 0. The van der Waals surface area contributed by atoms with E-state index in [1.54, 1.807) is 0 Å². The molecule has 0 heteroatoms. The van der Waals surface area contributed by atoms with Gasteiger partial charge in [-0.05, 0) is 55.6 Å². The molecule has 0 spiro atoms. The van der Waals surface area contributed by atoms with Gasteiger partial charge in [0.2, 0.25) is 0 Å². The van der Waals surface area contributed by atoms with Crippen molar-refractivity contribution in [3.63, 3.8) is 0 Å². The van der Waals surface area contributed by atoms with E-state index in [4.69, 9.17) is 0 Å². The third-order valence-electron chi connectivity index (χ3n) is 5.83. The van der Waals surface area contributed by atoms with Gasteiger partial charge in [0.1, 0.15) is 0 Å². The highest BCUT2D eigenvalue weighted by molar-refractivity contribution is 5.97. The minimum absolute atomic E-state index is 0.974. The lowest BCUT2D eigenvalue weighted by molar-refractivity contribution is 1.52.